The molecule has 3 atom stereocenters. The lowest BCUT2D eigenvalue weighted by atomic mass is 10.0. The second-order valence-corrected chi connectivity index (χ2v) is 8.03. The van der Waals surface area contributed by atoms with Crippen molar-refractivity contribution in [3.05, 3.63) is 0 Å². The van der Waals surface area contributed by atoms with Crippen molar-refractivity contribution in [2.24, 2.45) is 0 Å². The van der Waals surface area contributed by atoms with Crippen LogP contribution in [-0.2, 0) is 4.79 Å². The molecule has 3 amide bonds. The van der Waals surface area contributed by atoms with Gasteiger partial charge in [-0.25, -0.2) is 4.79 Å². The Balaban J connectivity index is 1.49. The molecule has 2 fully saturated rings. The number of fused-ring (bicyclic) bond motifs is 1. The number of hydrogen-bond donors (Lipinski definition) is 3. The number of unbranched alkanes of at least 4 members (excludes halogenated alkanes) is 3. The number of amides is 3. The largest absolute Gasteiger partial charge is 0.356 e. The van der Waals surface area contributed by atoms with E-state index in [0.717, 1.165) is 49.7 Å². The predicted octanol–water partition coefficient (Wildman–Crippen LogP) is 2.39. The zero-order chi connectivity index (χ0) is 15.8. The number of carbonyl (C=O) groups excluding carboxylic acids is 2. The highest BCUT2D eigenvalue weighted by Crippen LogP contribution is 2.33. The van der Waals surface area contributed by atoms with Gasteiger partial charge >= 0.3 is 6.03 Å². The molecule has 3 N–H and O–H groups in total. The molecule has 0 aromatic heterocycles. The van der Waals surface area contributed by atoms with E-state index in [2.05, 4.69) is 31.9 Å². The molecule has 0 spiro atoms. The van der Waals surface area contributed by atoms with Crippen molar-refractivity contribution in [3.8, 4) is 0 Å². The van der Waals surface area contributed by atoms with Gasteiger partial charge in [0.15, 0.2) is 0 Å². The van der Waals surface area contributed by atoms with Crippen molar-refractivity contribution in [1.29, 1.82) is 0 Å². The quantitative estimate of drug-likeness (QED) is 0.304. The van der Waals surface area contributed by atoms with Gasteiger partial charge in [0.2, 0.25) is 5.91 Å². The molecule has 2 rings (SSSR count). The molecule has 22 heavy (non-hydrogen) atoms. The van der Waals surface area contributed by atoms with Crippen LogP contribution < -0.4 is 16.0 Å². The highest BCUT2D eigenvalue weighted by molar-refractivity contribution is 9.09. The third kappa shape index (κ3) is 5.65. The van der Waals surface area contributed by atoms with Crippen LogP contribution in [0.25, 0.3) is 0 Å². The molecule has 2 aliphatic rings. The molecule has 0 bridgehead atoms. The summed E-state index contributed by atoms with van der Waals surface area (Å²) in [5.41, 5.74) is 0. The molecule has 0 saturated carbocycles. The van der Waals surface area contributed by atoms with Gasteiger partial charge in [0.1, 0.15) is 0 Å². The van der Waals surface area contributed by atoms with E-state index in [-0.39, 0.29) is 18.0 Å². The number of urea groups is 1. The molecule has 2 aliphatic heterocycles. The van der Waals surface area contributed by atoms with Gasteiger partial charge in [-0.2, -0.15) is 11.8 Å². The van der Waals surface area contributed by atoms with Gasteiger partial charge < -0.3 is 16.0 Å². The summed E-state index contributed by atoms with van der Waals surface area (Å²) in [6.07, 6.45) is 7.07. The highest BCUT2D eigenvalue weighted by atomic mass is 79.9. The lowest BCUT2D eigenvalue weighted by molar-refractivity contribution is -0.121. The molecule has 126 valence electrons. The second-order valence-electron chi connectivity index (χ2n) is 5.97. The Morgan fingerprint density at radius 3 is 2.91 bits per heavy atom. The van der Waals surface area contributed by atoms with Crippen molar-refractivity contribution in [3.63, 3.8) is 0 Å². The first-order valence-electron chi connectivity index (χ1n) is 8.22. The maximum absolute atomic E-state index is 11.7. The van der Waals surface area contributed by atoms with Crippen LogP contribution in [0.3, 0.4) is 0 Å². The average Bonchev–Trinajstić information content (AvgIpc) is 3.03. The van der Waals surface area contributed by atoms with Crippen molar-refractivity contribution in [2.45, 2.75) is 62.3 Å². The van der Waals surface area contributed by atoms with Crippen LogP contribution in [0.1, 0.15) is 44.9 Å². The minimum Gasteiger partial charge on any atom is -0.356 e. The van der Waals surface area contributed by atoms with Crippen LogP contribution in [0.2, 0.25) is 0 Å². The first-order chi connectivity index (χ1) is 10.7. The van der Waals surface area contributed by atoms with Gasteiger partial charge in [-0.3, -0.25) is 4.79 Å². The Labute approximate surface area is 145 Å². The third-order valence-corrected chi connectivity index (χ3v) is 6.28. The summed E-state index contributed by atoms with van der Waals surface area (Å²) in [4.78, 5) is 23.0. The molecule has 0 aromatic rings. The fourth-order valence-corrected chi connectivity index (χ4v) is 4.93. The van der Waals surface area contributed by atoms with E-state index in [1.54, 1.807) is 0 Å². The number of thioether (sulfide) groups is 1. The summed E-state index contributed by atoms with van der Waals surface area (Å²) >= 11 is 5.34. The van der Waals surface area contributed by atoms with E-state index in [9.17, 15) is 9.59 Å². The molecule has 2 saturated heterocycles. The fraction of sp³-hybridized carbons (Fsp3) is 0.867. The molecule has 7 heteroatoms. The van der Waals surface area contributed by atoms with Crippen LogP contribution in [0.4, 0.5) is 4.79 Å². The van der Waals surface area contributed by atoms with Crippen molar-refractivity contribution in [2.75, 3.05) is 17.6 Å². The van der Waals surface area contributed by atoms with Gasteiger partial charge in [-0.1, -0.05) is 28.8 Å². The molecule has 0 aromatic carbocycles. The summed E-state index contributed by atoms with van der Waals surface area (Å²) in [7, 11) is 0. The summed E-state index contributed by atoms with van der Waals surface area (Å²) in [5, 5.41) is 10.5. The van der Waals surface area contributed by atoms with Gasteiger partial charge in [-0.05, 0) is 25.7 Å². The third-order valence-electron chi connectivity index (χ3n) is 4.21. The molecular weight excluding hydrogens is 366 g/mol. The van der Waals surface area contributed by atoms with Gasteiger partial charge in [-0.15, -0.1) is 0 Å². The first-order valence-corrected chi connectivity index (χ1v) is 10.4. The Morgan fingerprint density at radius 2 is 2.09 bits per heavy atom. The van der Waals surface area contributed by atoms with Crippen LogP contribution in [0.15, 0.2) is 0 Å². The van der Waals surface area contributed by atoms with Crippen LogP contribution >= 0.6 is 27.7 Å². The zero-order valence-corrected chi connectivity index (χ0v) is 15.3. The van der Waals surface area contributed by atoms with Crippen molar-refractivity contribution < 1.29 is 9.59 Å². The number of rotatable bonds is 10. The number of hydrogen-bond acceptors (Lipinski definition) is 3. The van der Waals surface area contributed by atoms with Crippen LogP contribution in [-0.4, -0.2) is 46.9 Å². The minimum atomic E-state index is -0.0282. The van der Waals surface area contributed by atoms with E-state index < -0.39 is 0 Å². The Kier molecular flexibility index (Phi) is 7.86. The molecular formula is C15H26BrN3O2S. The smallest absolute Gasteiger partial charge is 0.315 e. The van der Waals surface area contributed by atoms with E-state index >= 15 is 0 Å². The summed E-state index contributed by atoms with van der Waals surface area (Å²) in [6, 6.07) is 0.547. The normalized spacial score (nSPS) is 26.4. The number of nitrogens with one attached hydrogen (secondary N) is 3. The predicted molar refractivity (Wildman–Crippen MR) is 94.6 cm³/mol. The van der Waals surface area contributed by atoms with Crippen LogP contribution in [0, 0.1) is 0 Å². The zero-order valence-electron chi connectivity index (χ0n) is 12.9. The van der Waals surface area contributed by atoms with Crippen LogP contribution in [0.5, 0.6) is 0 Å². The van der Waals surface area contributed by atoms with Crippen molar-refractivity contribution >= 4 is 39.6 Å². The molecule has 5 nitrogen and oxygen atoms in total. The maximum Gasteiger partial charge on any atom is 0.315 e. The second kappa shape index (κ2) is 9.65. The SMILES string of the molecule is O=C(CCCC[C@@H]1SC[C@H]2NC(=O)N[C@H]12)NCCCCCBr. The summed E-state index contributed by atoms with van der Waals surface area (Å²) < 4.78 is 0. The average molecular weight is 392 g/mol. The lowest BCUT2D eigenvalue weighted by Crippen LogP contribution is -2.36. The lowest BCUT2D eigenvalue weighted by Gasteiger charge is -2.16. The first kappa shape index (κ1) is 17.9. The number of alkyl halides is 1. The van der Waals surface area contributed by atoms with Gasteiger partial charge in [0.05, 0.1) is 12.1 Å². The standard InChI is InChI=1S/C15H26BrN3O2S/c16-8-4-1-5-9-17-13(20)7-3-2-6-12-14-11(10-22-12)18-15(21)19-14/h11-12,14H,1-10H2,(H,17,20)(H2,18,19,21)/t11-,12+,14+/m1/s1. The fourth-order valence-electron chi connectivity index (χ4n) is 2.99. The van der Waals surface area contributed by atoms with E-state index in [1.807, 2.05) is 11.8 Å². The molecule has 0 aliphatic carbocycles. The molecule has 0 radical (unpaired) electrons. The number of carbonyl (C=O) groups is 2. The minimum absolute atomic E-state index is 0.0282. The monoisotopic (exact) mass is 391 g/mol. The van der Waals surface area contributed by atoms with E-state index in [0.29, 0.717) is 17.7 Å². The van der Waals surface area contributed by atoms with E-state index in [1.165, 1.54) is 6.42 Å². The Morgan fingerprint density at radius 1 is 1.23 bits per heavy atom. The Hall–Kier alpha value is -0.430. The van der Waals surface area contributed by atoms with Crippen molar-refractivity contribution in [1.82, 2.24) is 16.0 Å². The maximum atomic E-state index is 11.7. The van der Waals surface area contributed by atoms with Gasteiger partial charge in [0, 0.05) is 29.3 Å². The summed E-state index contributed by atoms with van der Waals surface area (Å²) in [6.45, 7) is 0.797. The number of halogens is 1. The Bertz CT molecular complexity index is 384. The topological polar surface area (TPSA) is 70.2 Å². The highest BCUT2D eigenvalue weighted by Gasteiger charge is 2.42. The molecule has 0 unspecified atom stereocenters. The van der Waals surface area contributed by atoms with Gasteiger partial charge in [0.25, 0.3) is 0 Å². The molecule has 2 heterocycles. The summed E-state index contributed by atoms with van der Waals surface area (Å²) in [5.74, 6) is 1.18. The van der Waals surface area contributed by atoms with E-state index in [4.69, 9.17) is 0 Å².